The van der Waals surface area contributed by atoms with Gasteiger partial charge >= 0.3 is 0 Å². The molecule has 2 aromatic rings. The lowest BCUT2D eigenvalue weighted by molar-refractivity contribution is 0.0949. The fraction of sp³-hybridized carbons (Fsp3) is 0.231. The quantitative estimate of drug-likeness (QED) is 0.866. The Hall–Kier alpha value is -2.17. The van der Waals surface area contributed by atoms with Gasteiger partial charge in [0.1, 0.15) is 17.3 Å². The van der Waals surface area contributed by atoms with Gasteiger partial charge in [-0.2, -0.15) is 0 Å². The van der Waals surface area contributed by atoms with Crippen molar-refractivity contribution < 1.29 is 9.18 Å². The van der Waals surface area contributed by atoms with Gasteiger partial charge in [0.2, 0.25) is 0 Å². The lowest BCUT2D eigenvalue weighted by Gasteiger charge is -2.03. The molecule has 1 heterocycles. The summed E-state index contributed by atoms with van der Waals surface area (Å²) in [5, 5.41) is 2.77. The van der Waals surface area contributed by atoms with Gasteiger partial charge in [-0.05, 0) is 31.0 Å². The number of halogens is 1. The molecule has 0 aliphatic carbocycles. The van der Waals surface area contributed by atoms with Crippen LogP contribution in [0.4, 0.5) is 4.39 Å². The van der Waals surface area contributed by atoms with Crippen LogP contribution < -0.4 is 5.32 Å². The summed E-state index contributed by atoms with van der Waals surface area (Å²) in [4.78, 5) is 18.5. The van der Waals surface area contributed by atoms with E-state index in [4.69, 9.17) is 0 Å². The van der Waals surface area contributed by atoms with Crippen LogP contribution in [0.15, 0.2) is 30.5 Å². The van der Waals surface area contributed by atoms with Crippen LogP contribution in [0.25, 0.3) is 0 Å². The predicted octanol–water partition coefficient (Wildman–Crippen LogP) is 1.83. The number of amides is 1. The Labute approximate surface area is 104 Å². The van der Waals surface area contributed by atoms with Crippen molar-refractivity contribution >= 4 is 5.91 Å². The second-order valence-electron chi connectivity index (χ2n) is 4.01. The topological polar surface area (TPSA) is 57.8 Å². The highest BCUT2D eigenvalue weighted by Gasteiger charge is 2.06. The lowest BCUT2D eigenvalue weighted by Crippen LogP contribution is -2.26. The predicted molar refractivity (Wildman–Crippen MR) is 65.8 cm³/mol. The summed E-state index contributed by atoms with van der Waals surface area (Å²) in [7, 11) is 0. The maximum atomic E-state index is 12.7. The van der Waals surface area contributed by atoms with Gasteiger partial charge in [0.15, 0.2) is 0 Å². The monoisotopic (exact) mass is 247 g/mol. The molecule has 0 spiro atoms. The zero-order valence-corrected chi connectivity index (χ0v) is 10.0. The number of rotatable bonds is 4. The van der Waals surface area contributed by atoms with Gasteiger partial charge in [0.25, 0.3) is 5.91 Å². The molecule has 0 aliphatic rings. The molecule has 0 unspecified atom stereocenters. The minimum absolute atomic E-state index is 0.183. The molecule has 2 rings (SSSR count). The number of nitrogens with one attached hydrogen (secondary N) is 2. The number of hydrogen-bond donors (Lipinski definition) is 2. The fourth-order valence-electron chi connectivity index (χ4n) is 1.60. The molecule has 2 N–H and O–H groups in total. The number of carbonyl (C=O) groups is 1. The molecule has 4 nitrogen and oxygen atoms in total. The number of carbonyl (C=O) groups excluding carboxylic acids is 1. The van der Waals surface area contributed by atoms with Gasteiger partial charge in [0.05, 0.1) is 6.20 Å². The average molecular weight is 247 g/mol. The standard InChI is InChI=1S/C13H14FN3O/c1-9-16-8-12(17-9)13(18)15-7-6-10-2-4-11(14)5-3-10/h2-5,8H,6-7H2,1H3,(H,15,18)(H,16,17). The van der Waals surface area contributed by atoms with Crippen molar-refractivity contribution in [2.75, 3.05) is 6.54 Å². The van der Waals surface area contributed by atoms with Gasteiger partial charge in [-0.1, -0.05) is 12.1 Å². The first-order valence-corrected chi connectivity index (χ1v) is 5.69. The fourth-order valence-corrected chi connectivity index (χ4v) is 1.60. The first kappa shape index (κ1) is 12.3. The Morgan fingerprint density at radius 3 is 2.72 bits per heavy atom. The maximum Gasteiger partial charge on any atom is 0.269 e. The third-order valence-corrected chi connectivity index (χ3v) is 2.56. The number of H-pyrrole nitrogens is 1. The van der Waals surface area contributed by atoms with Crippen molar-refractivity contribution in [3.05, 3.63) is 53.4 Å². The molecule has 0 radical (unpaired) electrons. The van der Waals surface area contributed by atoms with Crippen LogP contribution in [0.5, 0.6) is 0 Å². The second-order valence-corrected chi connectivity index (χ2v) is 4.01. The zero-order valence-electron chi connectivity index (χ0n) is 10.0. The van der Waals surface area contributed by atoms with Crippen molar-refractivity contribution in [3.63, 3.8) is 0 Å². The first-order chi connectivity index (χ1) is 8.65. The molecule has 1 amide bonds. The molecule has 0 atom stereocenters. The molecule has 18 heavy (non-hydrogen) atoms. The van der Waals surface area contributed by atoms with Gasteiger partial charge < -0.3 is 10.3 Å². The molecule has 94 valence electrons. The third kappa shape index (κ3) is 3.16. The number of aromatic nitrogens is 2. The number of aryl methyl sites for hydroxylation is 1. The molecule has 1 aromatic carbocycles. The third-order valence-electron chi connectivity index (χ3n) is 2.56. The van der Waals surface area contributed by atoms with E-state index < -0.39 is 0 Å². The summed E-state index contributed by atoms with van der Waals surface area (Å²) in [6.07, 6.45) is 2.17. The van der Waals surface area contributed by atoms with Crippen LogP contribution in [-0.4, -0.2) is 22.4 Å². The summed E-state index contributed by atoms with van der Waals surface area (Å²) in [5.74, 6) is 0.270. The number of imidazole rings is 1. The molecule has 0 bridgehead atoms. The number of hydrogen-bond acceptors (Lipinski definition) is 2. The second kappa shape index (κ2) is 5.44. The summed E-state index contributed by atoms with van der Waals surface area (Å²) < 4.78 is 12.7. The Bertz CT molecular complexity index is 533. The highest BCUT2D eigenvalue weighted by Crippen LogP contribution is 2.03. The summed E-state index contributed by atoms with van der Waals surface area (Å²) in [6.45, 7) is 2.29. The van der Waals surface area contributed by atoms with E-state index in [0.717, 1.165) is 5.56 Å². The largest absolute Gasteiger partial charge is 0.350 e. The molecule has 0 aliphatic heterocycles. The van der Waals surface area contributed by atoms with E-state index in [9.17, 15) is 9.18 Å². The summed E-state index contributed by atoms with van der Waals surface area (Å²) >= 11 is 0. The maximum absolute atomic E-state index is 12.7. The smallest absolute Gasteiger partial charge is 0.269 e. The van der Waals surface area contributed by atoms with Crippen LogP contribution in [0.1, 0.15) is 21.9 Å². The Morgan fingerprint density at radius 2 is 2.11 bits per heavy atom. The molecular weight excluding hydrogens is 233 g/mol. The van der Waals surface area contributed by atoms with Gasteiger partial charge in [-0.25, -0.2) is 9.37 Å². The zero-order chi connectivity index (χ0) is 13.0. The highest BCUT2D eigenvalue weighted by molar-refractivity contribution is 5.92. The normalized spacial score (nSPS) is 10.3. The number of nitrogens with zero attached hydrogens (tertiary/aromatic N) is 1. The molecule has 0 saturated heterocycles. The molecule has 5 heteroatoms. The Kier molecular flexibility index (Phi) is 3.72. The minimum atomic E-state index is -0.254. The van der Waals surface area contributed by atoms with E-state index in [2.05, 4.69) is 15.3 Å². The van der Waals surface area contributed by atoms with Crippen LogP contribution in [0, 0.1) is 12.7 Å². The Morgan fingerprint density at radius 1 is 1.39 bits per heavy atom. The number of aromatic amines is 1. The van der Waals surface area contributed by atoms with Crippen molar-refractivity contribution in [1.29, 1.82) is 0 Å². The van der Waals surface area contributed by atoms with Crippen molar-refractivity contribution in [2.45, 2.75) is 13.3 Å². The first-order valence-electron chi connectivity index (χ1n) is 5.69. The molecule has 0 fully saturated rings. The van der Waals surface area contributed by atoms with Crippen LogP contribution in [0.3, 0.4) is 0 Å². The average Bonchev–Trinajstić information content (AvgIpc) is 2.78. The van der Waals surface area contributed by atoms with E-state index in [0.29, 0.717) is 24.5 Å². The van der Waals surface area contributed by atoms with E-state index in [-0.39, 0.29) is 11.7 Å². The van der Waals surface area contributed by atoms with E-state index in [1.165, 1.54) is 18.3 Å². The highest BCUT2D eigenvalue weighted by atomic mass is 19.1. The van der Waals surface area contributed by atoms with Gasteiger partial charge in [-0.15, -0.1) is 0 Å². The Balaban J connectivity index is 1.82. The van der Waals surface area contributed by atoms with Crippen LogP contribution >= 0.6 is 0 Å². The summed E-state index contributed by atoms with van der Waals surface area (Å²) in [6, 6.07) is 6.24. The molecular formula is C13H14FN3O. The SMILES string of the molecule is Cc1ncc(C(=O)NCCc2ccc(F)cc2)[nH]1. The van der Waals surface area contributed by atoms with E-state index in [1.807, 2.05) is 0 Å². The molecule has 1 aromatic heterocycles. The van der Waals surface area contributed by atoms with Crippen molar-refractivity contribution in [3.8, 4) is 0 Å². The molecule has 0 saturated carbocycles. The van der Waals surface area contributed by atoms with E-state index >= 15 is 0 Å². The lowest BCUT2D eigenvalue weighted by atomic mass is 10.1. The minimum Gasteiger partial charge on any atom is -0.350 e. The number of benzene rings is 1. The van der Waals surface area contributed by atoms with Crippen LogP contribution in [0.2, 0.25) is 0 Å². The summed E-state index contributed by atoms with van der Waals surface area (Å²) in [5.41, 5.74) is 1.43. The van der Waals surface area contributed by atoms with Gasteiger partial charge in [-0.3, -0.25) is 4.79 Å². The van der Waals surface area contributed by atoms with E-state index in [1.54, 1.807) is 19.1 Å². The van der Waals surface area contributed by atoms with Crippen LogP contribution in [-0.2, 0) is 6.42 Å². The van der Waals surface area contributed by atoms with Crippen molar-refractivity contribution in [1.82, 2.24) is 15.3 Å². The van der Waals surface area contributed by atoms with Crippen molar-refractivity contribution in [2.24, 2.45) is 0 Å². The van der Waals surface area contributed by atoms with Gasteiger partial charge in [0, 0.05) is 6.54 Å².